The monoisotopic (exact) mass is 387 g/mol. The molecule has 1 N–H and O–H groups in total. The van der Waals surface area contributed by atoms with E-state index < -0.39 is 0 Å². The van der Waals surface area contributed by atoms with E-state index in [0.717, 1.165) is 37.2 Å². The first-order valence-electron chi connectivity index (χ1n) is 10.9. The van der Waals surface area contributed by atoms with Gasteiger partial charge in [-0.3, -0.25) is 9.59 Å². The van der Waals surface area contributed by atoms with Gasteiger partial charge in [0.2, 0.25) is 11.8 Å². The molecule has 0 atom stereocenters. The van der Waals surface area contributed by atoms with E-state index in [1.807, 2.05) is 17.9 Å². The largest absolute Gasteiger partial charge is 0.372 e. The van der Waals surface area contributed by atoms with Crippen LogP contribution in [0.2, 0.25) is 0 Å². The first-order valence-corrected chi connectivity index (χ1v) is 10.9. The number of carbonyl (C=O) groups is 2. The van der Waals surface area contributed by atoms with Crippen molar-refractivity contribution in [1.82, 2.24) is 4.90 Å². The van der Waals surface area contributed by atoms with Crippen LogP contribution < -0.4 is 10.2 Å². The second-order valence-corrected chi connectivity index (χ2v) is 7.83. The third-order valence-corrected chi connectivity index (χ3v) is 5.86. The molecular formula is C23H37N3O2. The molecule has 1 aromatic rings. The number of hydrogen-bond donors (Lipinski definition) is 1. The lowest BCUT2D eigenvalue weighted by Crippen LogP contribution is -2.40. The van der Waals surface area contributed by atoms with Crippen LogP contribution in [-0.2, 0) is 9.59 Å². The van der Waals surface area contributed by atoms with Crippen LogP contribution >= 0.6 is 0 Å². The fourth-order valence-corrected chi connectivity index (χ4v) is 4.17. The maximum Gasteiger partial charge on any atom is 0.226 e. The second kappa shape index (κ2) is 11.1. The van der Waals surface area contributed by atoms with Gasteiger partial charge in [0.15, 0.2) is 0 Å². The Morgan fingerprint density at radius 1 is 1.07 bits per heavy atom. The molecule has 0 spiro atoms. The van der Waals surface area contributed by atoms with Crippen molar-refractivity contribution in [3.63, 3.8) is 0 Å². The molecule has 28 heavy (non-hydrogen) atoms. The molecule has 156 valence electrons. The Balaban J connectivity index is 1.94. The summed E-state index contributed by atoms with van der Waals surface area (Å²) >= 11 is 0. The van der Waals surface area contributed by atoms with Crippen molar-refractivity contribution in [2.24, 2.45) is 0 Å². The number of benzene rings is 1. The Hall–Kier alpha value is -2.04. The average Bonchev–Trinajstić information content (AvgIpc) is 2.94. The summed E-state index contributed by atoms with van der Waals surface area (Å²) in [5.74, 6) is 0.0537. The van der Waals surface area contributed by atoms with E-state index in [9.17, 15) is 9.59 Å². The molecule has 0 unspecified atom stereocenters. The quantitative estimate of drug-likeness (QED) is 0.656. The van der Waals surface area contributed by atoms with Gasteiger partial charge in [0.1, 0.15) is 0 Å². The molecule has 0 bridgehead atoms. The highest BCUT2D eigenvalue weighted by atomic mass is 16.2. The van der Waals surface area contributed by atoms with Gasteiger partial charge in [-0.25, -0.2) is 0 Å². The van der Waals surface area contributed by atoms with Crippen LogP contribution in [0.15, 0.2) is 18.2 Å². The molecule has 5 heteroatoms. The zero-order valence-electron chi connectivity index (χ0n) is 18.1. The van der Waals surface area contributed by atoms with Gasteiger partial charge in [-0.05, 0) is 57.4 Å². The minimum Gasteiger partial charge on any atom is -0.372 e. The number of nitrogens with zero attached hydrogens (tertiary/aromatic N) is 2. The average molecular weight is 388 g/mol. The van der Waals surface area contributed by atoms with Crippen molar-refractivity contribution in [3.05, 3.63) is 23.8 Å². The highest BCUT2D eigenvalue weighted by Crippen LogP contribution is 2.24. The highest BCUT2D eigenvalue weighted by Gasteiger charge is 2.22. The summed E-state index contributed by atoms with van der Waals surface area (Å²) in [5.41, 5.74) is 3.09. The van der Waals surface area contributed by atoms with Crippen molar-refractivity contribution in [2.45, 2.75) is 78.7 Å². The first-order chi connectivity index (χ1) is 13.5. The van der Waals surface area contributed by atoms with Crippen molar-refractivity contribution >= 4 is 23.2 Å². The van der Waals surface area contributed by atoms with Gasteiger partial charge in [0.25, 0.3) is 0 Å². The second-order valence-electron chi connectivity index (χ2n) is 7.83. The Bertz CT molecular complexity index is 647. The standard InChI is InChI=1S/C23H37N3O2/c1-5-25(6-2)21-13-14-22(18(3)17-21)24-23(28)15-16-26(19(4)27)20-11-9-7-8-10-12-20/h13-14,17,20H,5-12,15-16H2,1-4H3,(H,24,28). The minimum atomic E-state index is -0.0291. The van der Waals surface area contributed by atoms with E-state index in [1.165, 1.54) is 31.4 Å². The van der Waals surface area contributed by atoms with E-state index in [1.54, 1.807) is 6.92 Å². The van der Waals surface area contributed by atoms with Gasteiger partial charge in [0, 0.05) is 50.4 Å². The number of aryl methyl sites for hydroxylation is 1. The molecule has 0 aromatic heterocycles. The lowest BCUT2D eigenvalue weighted by molar-refractivity contribution is -0.131. The summed E-state index contributed by atoms with van der Waals surface area (Å²) in [4.78, 5) is 28.8. The fraction of sp³-hybridized carbons (Fsp3) is 0.652. The number of amides is 2. The van der Waals surface area contributed by atoms with E-state index >= 15 is 0 Å². The molecule has 2 rings (SSSR count). The number of anilines is 2. The van der Waals surface area contributed by atoms with Crippen molar-refractivity contribution in [2.75, 3.05) is 29.9 Å². The van der Waals surface area contributed by atoms with Crippen LogP contribution in [0.3, 0.4) is 0 Å². The molecule has 1 fully saturated rings. The molecule has 1 saturated carbocycles. The summed E-state index contributed by atoms with van der Waals surface area (Å²) in [6.07, 6.45) is 7.34. The Morgan fingerprint density at radius 3 is 2.25 bits per heavy atom. The van der Waals surface area contributed by atoms with Gasteiger partial charge in [-0.1, -0.05) is 25.7 Å². The summed E-state index contributed by atoms with van der Waals surface area (Å²) < 4.78 is 0. The number of hydrogen-bond acceptors (Lipinski definition) is 3. The van der Waals surface area contributed by atoms with E-state index in [4.69, 9.17) is 0 Å². The van der Waals surface area contributed by atoms with Gasteiger partial charge >= 0.3 is 0 Å². The van der Waals surface area contributed by atoms with E-state index in [-0.39, 0.29) is 11.8 Å². The molecule has 0 radical (unpaired) electrons. The molecule has 1 aromatic carbocycles. The van der Waals surface area contributed by atoms with Gasteiger partial charge < -0.3 is 15.1 Å². The van der Waals surface area contributed by atoms with Gasteiger partial charge in [0.05, 0.1) is 0 Å². The topological polar surface area (TPSA) is 52.7 Å². The Labute approximate surface area is 170 Å². The highest BCUT2D eigenvalue weighted by molar-refractivity contribution is 5.92. The summed E-state index contributed by atoms with van der Waals surface area (Å²) in [7, 11) is 0. The number of carbonyl (C=O) groups excluding carboxylic acids is 2. The molecule has 0 heterocycles. The fourth-order valence-electron chi connectivity index (χ4n) is 4.17. The maximum absolute atomic E-state index is 12.5. The summed E-state index contributed by atoms with van der Waals surface area (Å²) in [6.45, 7) is 10.4. The van der Waals surface area contributed by atoms with Crippen LogP contribution in [-0.4, -0.2) is 42.4 Å². The lowest BCUT2D eigenvalue weighted by Gasteiger charge is -2.30. The predicted molar refractivity (Wildman–Crippen MR) is 117 cm³/mol. The van der Waals surface area contributed by atoms with Crippen LogP contribution in [0.5, 0.6) is 0 Å². The van der Waals surface area contributed by atoms with Crippen LogP contribution in [0, 0.1) is 6.92 Å². The molecule has 0 saturated heterocycles. The summed E-state index contributed by atoms with van der Waals surface area (Å²) in [6, 6.07) is 6.46. The zero-order chi connectivity index (χ0) is 20.5. The maximum atomic E-state index is 12.5. The third kappa shape index (κ3) is 6.25. The number of nitrogens with one attached hydrogen (secondary N) is 1. The normalized spacial score (nSPS) is 15.0. The first kappa shape index (κ1) is 22.3. The Kier molecular flexibility index (Phi) is 8.81. The predicted octanol–water partition coefficient (Wildman–Crippen LogP) is 4.74. The van der Waals surface area contributed by atoms with Crippen LogP contribution in [0.4, 0.5) is 11.4 Å². The molecule has 1 aliphatic carbocycles. The van der Waals surface area contributed by atoms with Crippen LogP contribution in [0.25, 0.3) is 0 Å². The van der Waals surface area contributed by atoms with E-state index in [0.29, 0.717) is 19.0 Å². The SMILES string of the molecule is CCN(CC)c1ccc(NC(=O)CCN(C(C)=O)C2CCCCCC2)c(C)c1. The van der Waals surface area contributed by atoms with Crippen molar-refractivity contribution in [1.29, 1.82) is 0 Å². The lowest BCUT2D eigenvalue weighted by atomic mass is 10.1. The zero-order valence-corrected chi connectivity index (χ0v) is 18.1. The van der Waals surface area contributed by atoms with Crippen molar-refractivity contribution in [3.8, 4) is 0 Å². The molecule has 5 nitrogen and oxygen atoms in total. The van der Waals surface area contributed by atoms with E-state index in [2.05, 4.69) is 36.2 Å². The molecule has 1 aliphatic rings. The van der Waals surface area contributed by atoms with Gasteiger partial charge in [-0.2, -0.15) is 0 Å². The third-order valence-electron chi connectivity index (χ3n) is 5.86. The van der Waals surface area contributed by atoms with Gasteiger partial charge in [-0.15, -0.1) is 0 Å². The molecule has 2 amide bonds. The molecule has 0 aliphatic heterocycles. The van der Waals surface area contributed by atoms with Crippen LogP contribution in [0.1, 0.15) is 71.3 Å². The van der Waals surface area contributed by atoms with Crippen molar-refractivity contribution < 1.29 is 9.59 Å². The number of rotatable bonds is 8. The molecular weight excluding hydrogens is 350 g/mol. The minimum absolute atomic E-state index is 0.0291. The smallest absolute Gasteiger partial charge is 0.226 e. The Morgan fingerprint density at radius 2 is 1.71 bits per heavy atom. The summed E-state index contributed by atoms with van der Waals surface area (Å²) in [5, 5.41) is 3.03.